The summed E-state index contributed by atoms with van der Waals surface area (Å²) in [5.41, 5.74) is 2.06. The molecule has 2 aliphatic rings. The van der Waals surface area contributed by atoms with Crippen LogP contribution in [0.1, 0.15) is 33.1 Å². The SMILES string of the molecule is CC1C=CC(CCC2(C)NC(=O)N(NC(=O)Nc3ccc(Br)cc3)C2=O)=C(F)C1. The molecule has 154 valence electrons. The lowest BCUT2D eigenvalue weighted by Gasteiger charge is -2.23. The summed E-state index contributed by atoms with van der Waals surface area (Å²) < 4.78 is 15.0. The molecular formula is C20H22BrFN4O3. The van der Waals surface area contributed by atoms with Crippen LogP contribution < -0.4 is 16.1 Å². The first-order chi connectivity index (χ1) is 13.7. The molecule has 2 atom stereocenters. The molecule has 1 aromatic carbocycles. The smallest absolute Gasteiger partial charge is 0.322 e. The van der Waals surface area contributed by atoms with E-state index < -0.39 is 23.5 Å². The van der Waals surface area contributed by atoms with Crippen LogP contribution >= 0.6 is 15.9 Å². The molecule has 5 amide bonds. The number of benzene rings is 1. The van der Waals surface area contributed by atoms with Gasteiger partial charge in [0.15, 0.2) is 0 Å². The van der Waals surface area contributed by atoms with Gasteiger partial charge in [-0.15, -0.1) is 0 Å². The summed E-state index contributed by atoms with van der Waals surface area (Å²) in [5, 5.41) is 5.79. The molecule has 3 N–H and O–H groups in total. The molecule has 1 heterocycles. The number of carbonyl (C=O) groups excluding carboxylic acids is 3. The van der Waals surface area contributed by atoms with Gasteiger partial charge in [0.2, 0.25) is 0 Å². The zero-order valence-corrected chi connectivity index (χ0v) is 17.7. The summed E-state index contributed by atoms with van der Waals surface area (Å²) in [6.45, 7) is 3.49. The van der Waals surface area contributed by atoms with E-state index in [1.165, 1.54) is 0 Å². The van der Waals surface area contributed by atoms with Crippen molar-refractivity contribution in [2.45, 2.75) is 38.6 Å². The van der Waals surface area contributed by atoms with E-state index in [-0.39, 0.29) is 18.2 Å². The molecule has 1 aliphatic heterocycles. The fourth-order valence-corrected chi connectivity index (χ4v) is 3.47. The number of imide groups is 1. The van der Waals surface area contributed by atoms with E-state index in [4.69, 9.17) is 0 Å². The molecular weight excluding hydrogens is 443 g/mol. The summed E-state index contributed by atoms with van der Waals surface area (Å²) in [7, 11) is 0. The molecule has 29 heavy (non-hydrogen) atoms. The van der Waals surface area contributed by atoms with Gasteiger partial charge in [-0.3, -0.25) is 4.79 Å². The predicted molar refractivity (Wildman–Crippen MR) is 110 cm³/mol. The summed E-state index contributed by atoms with van der Waals surface area (Å²) in [6, 6.07) is 5.37. The van der Waals surface area contributed by atoms with E-state index in [9.17, 15) is 18.8 Å². The van der Waals surface area contributed by atoms with Crippen molar-refractivity contribution in [1.29, 1.82) is 0 Å². The molecule has 0 spiro atoms. The third-order valence-corrected chi connectivity index (χ3v) is 5.48. The minimum atomic E-state index is -1.23. The van der Waals surface area contributed by atoms with E-state index in [1.807, 2.05) is 13.0 Å². The van der Waals surface area contributed by atoms with Gasteiger partial charge in [0, 0.05) is 16.6 Å². The Morgan fingerprint density at radius 1 is 1.34 bits per heavy atom. The first kappa shape index (κ1) is 21.0. The van der Waals surface area contributed by atoms with Crippen LogP contribution in [0.4, 0.5) is 19.7 Å². The molecule has 0 radical (unpaired) electrons. The summed E-state index contributed by atoms with van der Waals surface area (Å²) in [6.07, 6.45) is 4.51. The van der Waals surface area contributed by atoms with Gasteiger partial charge < -0.3 is 10.6 Å². The number of hydrogen-bond donors (Lipinski definition) is 3. The van der Waals surface area contributed by atoms with Crippen LogP contribution in [0.5, 0.6) is 0 Å². The highest BCUT2D eigenvalue weighted by Gasteiger charge is 2.48. The average Bonchev–Trinajstić information content (AvgIpc) is 2.86. The molecule has 0 saturated carbocycles. The number of rotatable bonds is 5. The maximum absolute atomic E-state index is 14.1. The summed E-state index contributed by atoms with van der Waals surface area (Å²) >= 11 is 3.30. The number of nitrogens with zero attached hydrogens (tertiary/aromatic N) is 1. The third-order valence-electron chi connectivity index (χ3n) is 4.95. The molecule has 2 unspecified atom stereocenters. The number of hydrazine groups is 1. The molecule has 1 aromatic rings. The van der Waals surface area contributed by atoms with Crippen molar-refractivity contribution in [3.63, 3.8) is 0 Å². The highest BCUT2D eigenvalue weighted by molar-refractivity contribution is 9.10. The molecule has 1 fully saturated rings. The van der Waals surface area contributed by atoms with Crippen molar-refractivity contribution >= 4 is 39.6 Å². The molecule has 1 aliphatic carbocycles. The van der Waals surface area contributed by atoms with Crippen LogP contribution in [-0.4, -0.2) is 28.5 Å². The van der Waals surface area contributed by atoms with Crippen LogP contribution in [0.15, 0.2) is 52.3 Å². The number of carbonyl (C=O) groups is 3. The van der Waals surface area contributed by atoms with Gasteiger partial charge in [-0.05, 0) is 55.5 Å². The zero-order valence-electron chi connectivity index (χ0n) is 16.1. The standard InChI is InChI=1S/C20H22BrFN4O3/c1-12-3-4-13(16(22)11-12)9-10-20(2)17(27)26(19(29)24-20)25-18(28)23-15-7-5-14(21)6-8-15/h3-8,12H,9-11H2,1-2H3,(H,24,29)(H2,23,25,28). The quantitative estimate of drug-likeness (QED) is 0.564. The number of halogens is 2. The minimum absolute atomic E-state index is 0.145. The highest BCUT2D eigenvalue weighted by Crippen LogP contribution is 2.30. The lowest BCUT2D eigenvalue weighted by Crippen LogP contribution is -2.50. The summed E-state index contributed by atoms with van der Waals surface area (Å²) in [4.78, 5) is 37.1. The maximum atomic E-state index is 14.1. The molecule has 9 heteroatoms. The third kappa shape index (κ3) is 4.84. The van der Waals surface area contributed by atoms with E-state index in [0.29, 0.717) is 29.1 Å². The van der Waals surface area contributed by atoms with Gasteiger partial charge in [-0.2, -0.15) is 5.01 Å². The second kappa shape index (κ2) is 8.36. The van der Waals surface area contributed by atoms with E-state index in [1.54, 1.807) is 37.3 Å². The number of urea groups is 2. The van der Waals surface area contributed by atoms with Crippen molar-refractivity contribution in [1.82, 2.24) is 15.8 Å². The molecule has 7 nitrogen and oxygen atoms in total. The van der Waals surface area contributed by atoms with Gasteiger partial charge in [0.25, 0.3) is 5.91 Å². The Hall–Kier alpha value is -2.68. The number of allylic oxidation sites excluding steroid dienone is 4. The number of amides is 5. The van der Waals surface area contributed by atoms with E-state index >= 15 is 0 Å². The number of anilines is 1. The summed E-state index contributed by atoms with van der Waals surface area (Å²) in [5.74, 6) is -0.641. The van der Waals surface area contributed by atoms with Crippen molar-refractivity contribution in [2.75, 3.05) is 5.32 Å². The first-order valence-corrected chi connectivity index (χ1v) is 10.0. The number of nitrogens with one attached hydrogen (secondary N) is 3. The van der Waals surface area contributed by atoms with Crippen molar-refractivity contribution in [3.05, 3.63) is 52.3 Å². The Morgan fingerprint density at radius 3 is 2.69 bits per heavy atom. The van der Waals surface area contributed by atoms with Gasteiger partial charge in [0.05, 0.1) is 0 Å². The Bertz CT molecular complexity index is 899. The molecule has 1 saturated heterocycles. The van der Waals surface area contributed by atoms with E-state index in [2.05, 4.69) is 32.0 Å². The second-order valence-corrected chi connectivity index (χ2v) is 8.36. The predicted octanol–water partition coefficient (Wildman–Crippen LogP) is 4.40. The van der Waals surface area contributed by atoms with Gasteiger partial charge in [0.1, 0.15) is 11.4 Å². The van der Waals surface area contributed by atoms with Crippen LogP contribution in [0.25, 0.3) is 0 Å². The molecule has 0 aromatic heterocycles. The Morgan fingerprint density at radius 2 is 2.03 bits per heavy atom. The average molecular weight is 465 g/mol. The highest BCUT2D eigenvalue weighted by atomic mass is 79.9. The van der Waals surface area contributed by atoms with Crippen LogP contribution in [0.3, 0.4) is 0 Å². The van der Waals surface area contributed by atoms with Crippen LogP contribution in [-0.2, 0) is 4.79 Å². The monoisotopic (exact) mass is 464 g/mol. The van der Waals surface area contributed by atoms with Crippen LogP contribution in [0.2, 0.25) is 0 Å². The van der Waals surface area contributed by atoms with Crippen LogP contribution in [0, 0.1) is 5.92 Å². The fraction of sp³-hybridized carbons (Fsp3) is 0.350. The zero-order chi connectivity index (χ0) is 21.2. The van der Waals surface area contributed by atoms with Crippen molar-refractivity contribution < 1.29 is 18.8 Å². The van der Waals surface area contributed by atoms with Gasteiger partial charge in [-0.25, -0.2) is 19.4 Å². The van der Waals surface area contributed by atoms with Gasteiger partial charge in [-0.1, -0.05) is 35.0 Å². The largest absolute Gasteiger partial charge is 0.344 e. The maximum Gasteiger partial charge on any atom is 0.344 e. The van der Waals surface area contributed by atoms with E-state index in [0.717, 1.165) is 4.47 Å². The Kier molecular flexibility index (Phi) is 6.07. The van der Waals surface area contributed by atoms with Gasteiger partial charge >= 0.3 is 12.1 Å². The minimum Gasteiger partial charge on any atom is -0.322 e. The van der Waals surface area contributed by atoms with Crippen molar-refractivity contribution in [3.8, 4) is 0 Å². The number of hydrogen-bond acceptors (Lipinski definition) is 3. The lowest BCUT2D eigenvalue weighted by atomic mass is 9.89. The molecule has 0 bridgehead atoms. The molecule has 3 rings (SSSR count). The normalized spacial score (nSPS) is 24.0. The topological polar surface area (TPSA) is 90.5 Å². The van der Waals surface area contributed by atoms with Crippen molar-refractivity contribution in [2.24, 2.45) is 5.92 Å². The Labute approximate surface area is 176 Å². The second-order valence-electron chi connectivity index (χ2n) is 7.45. The lowest BCUT2D eigenvalue weighted by molar-refractivity contribution is -0.132. The first-order valence-electron chi connectivity index (χ1n) is 9.23. The Balaban J connectivity index is 1.61. The fourth-order valence-electron chi connectivity index (χ4n) is 3.21.